The van der Waals surface area contributed by atoms with Crippen LogP contribution in [0.3, 0.4) is 0 Å². The molecule has 0 atom stereocenters. The Morgan fingerprint density at radius 2 is 1.85 bits per heavy atom. The first kappa shape index (κ1) is 22.5. The molecule has 0 unspecified atom stereocenters. The maximum absolute atomic E-state index is 5.39. The molecule has 2 aromatic heterocycles. The number of hydrogen-bond acceptors (Lipinski definition) is 6. The highest BCUT2D eigenvalue weighted by atomic mass is 16.5. The van der Waals surface area contributed by atoms with Crippen molar-refractivity contribution in [2.45, 2.75) is 38.3 Å². The second-order valence-electron chi connectivity index (χ2n) is 9.50. The molecule has 0 spiro atoms. The van der Waals surface area contributed by atoms with Crippen LogP contribution < -0.4 is 20.3 Å². The van der Waals surface area contributed by atoms with Gasteiger partial charge in [0.05, 0.1) is 12.6 Å². The molecule has 178 valence electrons. The molecule has 34 heavy (non-hydrogen) atoms. The Kier molecular flexibility index (Phi) is 6.54. The number of aromatic nitrogens is 3. The maximum Gasteiger partial charge on any atom is 0.225 e. The van der Waals surface area contributed by atoms with Gasteiger partial charge in [-0.3, -0.25) is 0 Å². The molecule has 0 amide bonds. The van der Waals surface area contributed by atoms with E-state index in [1.165, 1.54) is 23.8 Å². The maximum atomic E-state index is 5.39. The number of nitrogens with one attached hydrogen (secondary N) is 3. The summed E-state index contributed by atoms with van der Waals surface area (Å²) in [6.45, 7) is 1.91. The molecule has 0 saturated heterocycles. The van der Waals surface area contributed by atoms with E-state index >= 15 is 0 Å². The Morgan fingerprint density at radius 3 is 2.65 bits per heavy atom. The van der Waals surface area contributed by atoms with Crippen LogP contribution in [0.25, 0.3) is 21.8 Å². The number of rotatable bonds is 8. The molecule has 2 aromatic carbocycles. The quantitative estimate of drug-likeness (QED) is 0.347. The molecule has 5 rings (SSSR count). The lowest BCUT2D eigenvalue weighted by molar-refractivity contribution is 0.324. The van der Waals surface area contributed by atoms with E-state index < -0.39 is 0 Å². The number of ether oxygens (including phenoxy) is 1. The Morgan fingerprint density at radius 1 is 1.03 bits per heavy atom. The van der Waals surface area contributed by atoms with Crippen LogP contribution in [0.4, 0.5) is 11.8 Å². The van der Waals surface area contributed by atoms with E-state index in [0.717, 1.165) is 59.9 Å². The molecule has 7 nitrogen and oxygen atoms in total. The predicted octanol–water partition coefficient (Wildman–Crippen LogP) is 4.95. The van der Waals surface area contributed by atoms with E-state index in [0.29, 0.717) is 12.0 Å². The van der Waals surface area contributed by atoms with Gasteiger partial charge in [0.1, 0.15) is 11.6 Å². The van der Waals surface area contributed by atoms with Crippen molar-refractivity contribution in [2.24, 2.45) is 5.92 Å². The van der Waals surface area contributed by atoms with E-state index in [-0.39, 0.29) is 0 Å². The SMILES string of the molecule is COc1ccc2[nH]cc(CNC[C@H]3CC[C@@H](Nc4nc(N(C)C)c5ccccc5n4)CC3)c2c1. The fourth-order valence-corrected chi connectivity index (χ4v) is 5.00. The molecule has 4 aromatic rings. The first-order chi connectivity index (χ1) is 16.6. The van der Waals surface area contributed by atoms with Gasteiger partial charge in [-0.25, -0.2) is 4.98 Å². The Hall–Kier alpha value is -3.32. The van der Waals surface area contributed by atoms with Crippen molar-refractivity contribution in [3.05, 3.63) is 54.2 Å². The molecule has 0 aliphatic heterocycles. The first-order valence-electron chi connectivity index (χ1n) is 12.2. The van der Waals surface area contributed by atoms with Crippen LogP contribution >= 0.6 is 0 Å². The molecule has 1 saturated carbocycles. The second kappa shape index (κ2) is 9.89. The molecular weight excluding hydrogens is 424 g/mol. The van der Waals surface area contributed by atoms with E-state index in [1.54, 1.807) is 7.11 Å². The molecule has 0 radical (unpaired) electrons. The number of para-hydroxylation sites is 1. The molecule has 0 bridgehead atoms. The summed E-state index contributed by atoms with van der Waals surface area (Å²) < 4.78 is 5.39. The summed E-state index contributed by atoms with van der Waals surface area (Å²) in [5.41, 5.74) is 3.42. The van der Waals surface area contributed by atoms with Gasteiger partial charge < -0.3 is 25.3 Å². The fraction of sp³-hybridized carbons (Fsp3) is 0.407. The summed E-state index contributed by atoms with van der Waals surface area (Å²) in [4.78, 5) is 15.0. The third-order valence-corrected chi connectivity index (χ3v) is 6.91. The molecular formula is C27H34N6O. The zero-order valence-electron chi connectivity index (χ0n) is 20.3. The third kappa shape index (κ3) is 4.80. The molecule has 1 fully saturated rings. The van der Waals surface area contributed by atoms with Gasteiger partial charge in [0.2, 0.25) is 5.95 Å². The minimum Gasteiger partial charge on any atom is -0.497 e. The van der Waals surface area contributed by atoms with E-state index in [2.05, 4.69) is 51.0 Å². The van der Waals surface area contributed by atoms with E-state index in [4.69, 9.17) is 14.7 Å². The highest BCUT2D eigenvalue weighted by Gasteiger charge is 2.22. The number of anilines is 2. The van der Waals surface area contributed by atoms with Crippen LogP contribution in [-0.4, -0.2) is 48.7 Å². The lowest BCUT2D eigenvalue weighted by Gasteiger charge is -2.29. The predicted molar refractivity (Wildman–Crippen MR) is 140 cm³/mol. The van der Waals surface area contributed by atoms with Crippen molar-refractivity contribution in [1.29, 1.82) is 0 Å². The van der Waals surface area contributed by atoms with Crippen molar-refractivity contribution in [2.75, 3.05) is 38.0 Å². The van der Waals surface area contributed by atoms with Gasteiger partial charge in [0.25, 0.3) is 0 Å². The summed E-state index contributed by atoms with van der Waals surface area (Å²) in [7, 11) is 5.78. The minimum atomic E-state index is 0.425. The Balaban J connectivity index is 1.14. The monoisotopic (exact) mass is 458 g/mol. The van der Waals surface area contributed by atoms with Crippen molar-refractivity contribution in [1.82, 2.24) is 20.3 Å². The zero-order chi connectivity index (χ0) is 23.5. The van der Waals surface area contributed by atoms with Gasteiger partial charge in [-0.1, -0.05) is 12.1 Å². The van der Waals surface area contributed by atoms with E-state index in [9.17, 15) is 0 Å². The van der Waals surface area contributed by atoms with Crippen molar-refractivity contribution < 1.29 is 4.74 Å². The third-order valence-electron chi connectivity index (χ3n) is 6.91. The Bertz CT molecular complexity index is 1260. The van der Waals surface area contributed by atoms with Crippen molar-refractivity contribution in [3.8, 4) is 5.75 Å². The lowest BCUT2D eigenvalue weighted by atomic mass is 9.86. The van der Waals surface area contributed by atoms with Crippen LogP contribution in [-0.2, 0) is 6.54 Å². The first-order valence-corrected chi connectivity index (χ1v) is 12.2. The lowest BCUT2D eigenvalue weighted by Crippen LogP contribution is -2.31. The fourth-order valence-electron chi connectivity index (χ4n) is 5.00. The van der Waals surface area contributed by atoms with Crippen LogP contribution in [0, 0.1) is 5.92 Å². The minimum absolute atomic E-state index is 0.425. The summed E-state index contributed by atoms with van der Waals surface area (Å²) >= 11 is 0. The summed E-state index contributed by atoms with van der Waals surface area (Å²) in [6.07, 6.45) is 6.80. The van der Waals surface area contributed by atoms with Crippen molar-refractivity contribution >= 4 is 33.6 Å². The number of benzene rings is 2. The summed E-state index contributed by atoms with van der Waals surface area (Å²) in [5, 5.41) is 9.61. The van der Waals surface area contributed by atoms with Gasteiger partial charge in [-0.2, -0.15) is 4.98 Å². The molecule has 7 heteroatoms. The largest absolute Gasteiger partial charge is 0.497 e. The smallest absolute Gasteiger partial charge is 0.225 e. The van der Waals surface area contributed by atoms with Crippen LogP contribution in [0.5, 0.6) is 5.75 Å². The second-order valence-corrected chi connectivity index (χ2v) is 9.50. The van der Waals surface area contributed by atoms with Gasteiger partial charge in [-0.05, 0) is 74.0 Å². The topological polar surface area (TPSA) is 78.1 Å². The number of nitrogens with zero attached hydrogens (tertiary/aromatic N) is 3. The van der Waals surface area contributed by atoms with Gasteiger partial charge >= 0.3 is 0 Å². The van der Waals surface area contributed by atoms with Gasteiger partial charge in [-0.15, -0.1) is 0 Å². The highest BCUT2D eigenvalue weighted by molar-refractivity contribution is 5.90. The Labute approximate surface area is 200 Å². The molecule has 1 aliphatic rings. The number of aromatic amines is 1. The standard InChI is InChI=1S/C27H34N6O/c1-33(2)26-22-6-4-5-7-25(22)31-27(32-26)30-20-10-8-18(9-11-20)15-28-16-19-17-29-24-13-12-21(34-3)14-23(19)24/h4-7,12-14,17-18,20,28-29H,8-11,15-16H2,1-3H3,(H,30,31,32)/t18-,20+. The normalized spacial score (nSPS) is 18.3. The van der Waals surface area contributed by atoms with E-state index in [1.807, 2.05) is 32.3 Å². The molecule has 2 heterocycles. The van der Waals surface area contributed by atoms with Crippen LogP contribution in [0.2, 0.25) is 0 Å². The number of H-pyrrole nitrogens is 1. The van der Waals surface area contributed by atoms with Crippen LogP contribution in [0.15, 0.2) is 48.7 Å². The van der Waals surface area contributed by atoms with Gasteiger partial charge in [0.15, 0.2) is 0 Å². The summed E-state index contributed by atoms with van der Waals surface area (Å²) in [6, 6.07) is 14.8. The number of hydrogen-bond donors (Lipinski definition) is 3. The highest BCUT2D eigenvalue weighted by Crippen LogP contribution is 2.29. The molecule has 3 N–H and O–H groups in total. The molecule has 1 aliphatic carbocycles. The number of methoxy groups -OCH3 is 1. The summed E-state index contributed by atoms with van der Waals surface area (Å²) in [5.74, 6) is 3.29. The van der Waals surface area contributed by atoms with Crippen molar-refractivity contribution in [3.63, 3.8) is 0 Å². The van der Waals surface area contributed by atoms with Crippen LogP contribution in [0.1, 0.15) is 31.2 Å². The number of fused-ring (bicyclic) bond motifs is 2. The van der Waals surface area contributed by atoms with Gasteiger partial charge in [0, 0.05) is 49.2 Å². The zero-order valence-corrected chi connectivity index (χ0v) is 20.3. The average Bonchev–Trinajstić information content (AvgIpc) is 3.26. The average molecular weight is 459 g/mol.